The molecule has 166 valence electrons. The number of pyridine rings is 1. The van der Waals surface area contributed by atoms with Crippen LogP contribution in [0.4, 0.5) is 5.69 Å². The third-order valence-electron chi connectivity index (χ3n) is 5.78. The van der Waals surface area contributed by atoms with Gasteiger partial charge in [0, 0.05) is 62.7 Å². The standard InChI is InChI=1S/C24H23N5O.C2H6.H2/c1-4-16-13-19-20(14-22(16)30-3)26-15-21-23(19)24(27-28(21)2)17-5-7-18(8-6-17)29-11-9-25-10-12-29;1-2;/h1,5-8,13-15,25H,9-12H2,2-3H3;1-2H3;1H. The van der Waals surface area contributed by atoms with E-state index in [4.69, 9.17) is 16.3 Å². The van der Waals surface area contributed by atoms with Gasteiger partial charge in [0.15, 0.2) is 0 Å². The average Bonchev–Trinajstić information content (AvgIpc) is 3.21. The molecule has 1 saturated heterocycles. The second kappa shape index (κ2) is 9.29. The summed E-state index contributed by atoms with van der Waals surface area (Å²) in [6, 6.07) is 12.5. The highest BCUT2D eigenvalue weighted by Crippen LogP contribution is 2.36. The van der Waals surface area contributed by atoms with Crippen molar-refractivity contribution in [3.05, 3.63) is 48.2 Å². The monoisotopic (exact) mass is 429 g/mol. The molecule has 5 rings (SSSR count). The zero-order valence-corrected chi connectivity index (χ0v) is 19.1. The zero-order valence-electron chi connectivity index (χ0n) is 19.1. The van der Waals surface area contributed by atoms with Crippen LogP contribution in [-0.4, -0.2) is 48.1 Å². The van der Waals surface area contributed by atoms with E-state index in [-0.39, 0.29) is 1.43 Å². The maximum atomic E-state index is 5.72. The van der Waals surface area contributed by atoms with Gasteiger partial charge < -0.3 is 15.0 Å². The topological polar surface area (TPSA) is 55.2 Å². The van der Waals surface area contributed by atoms with Crippen LogP contribution in [0.25, 0.3) is 33.1 Å². The summed E-state index contributed by atoms with van der Waals surface area (Å²) in [5.41, 5.74) is 5.77. The third-order valence-corrected chi connectivity index (χ3v) is 5.78. The molecular formula is C26H31N5O. The highest BCUT2D eigenvalue weighted by Gasteiger charge is 2.17. The predicted octanol–water partition coefficient (Wildman–Crippen LogP) is 4.46. The van der Waals surface area contributed by atoms with Gasteiger partial charge in [-0.15, -0.1) is 6.42 Å². The number of nitrogens with one attached hydrogen (secondary N) is 1. The van der Waals surface area contributed by atoms with Gasteiger partial charge in [0.25, 0.3) is 0 Å². The lowest BCUT2D eigenvalue weighted by atomic mass is 10.0. The Morgan fingerprint density at radius 1 is 1.12 bits per heavy atom. The average molecular weight is 430 g/mol. The van der Waals surface area contributed by atoms with Crippen molar-refractivity contribution in [1.82, 2.24) is 20.1 Å². The molecule has 0 unspecified atom stereocenters. The first-order valence-electron chi connectivity index (χ1n) is 11.1. The molecule has 0 saturated carbocycles. The first-order valence-corrected chi connectivity index (χ1v) is 11.1. The highest BCUT2D eigenvalue weighted by molar-refractivity contribution is 6.11. The number of hydrogen-bond donors (Lipinski definition) is 1. The van der Waals surface area contributed by atoms with E-state index in [2.05, 4.69) is 45.4 Å². The van der Waals surface area contributed by atoms with Crippen LogP contribution in [0.5, 0.6) is 5.75 Å². The number of terminal acetylenes is 1. The molecule has 32 heavy (non-hydrogen) atoms. The van der Waals surface area contributed by atoms with Crippen molar-refractivity contribution in [1.29, 1.82) is 0 Å². The molecule has 0 atom stereocenters. The summed E-state index contributed by atoms with van der Waals surface area (Å²) in [6.45, 7) is 8.09. The summed E-state index contributed by atoms with van der Waals surface area (Å²) in [6.07, 6.45) is 7.58. The van der Waals surface area contributed by atoms with Gasteiger partial charge >= 0.3 is 0 Å². The van der Waals surface area contributed by atoms with E-state index in [0.29, 0.717) is 11.3 Å². The van der Waals surface area contributed by atoms with Gasteiger partial charge in [-0.25, -0.2) is 0 Å². The van der Waals surface area contributed by atoms with Crippen molar-refractivity contribution < 1.29 is 6.16 Å². The van der Waals surface area contributed by atoms with Crippen LogP contribution in [0.2, 0.25) is 0 Å². The summed E-state index contributed by atoms with van der Waals surface area (Å²) >= 11 is 0. The number of methoxy groups -OCH3 is 1. The van der Waals surface area contributed by atoms with Crippen LogP contribution in [0.15, 0.2) is 42.6 Å². The number of benzene rings is 2. The number of aromatic nitrogens is 3. The molecular weight excluding hydrogens is 398 g/mol. The molecule has 0 amide bonds. The smallest absolute Gasteiger partial charge is 0.136 e. The lowest BCUT2D eigenvalue weighted by molar-refractivity contribution is 0.414. The predicted molar refractivity (Wildman–Crippen MR) is 134 cm³/mol. The fourth-order valence-corrected chi connectivity index (χ4v) is 4.19. The number of ether oxygens (including phenoxy) is 1. The normalized spacial score (nSPS) is 13.5. The Bertz CT molecular complexity index is 1280. The number of nitrogens with zero attached hydrogens (tertiary/aromatic N) is 4. The number of rotatable bonds is 3. The third kappa shape index (κ3) is 3.76. The maximum absolute atomic E-state index is 5.72. The van der Waals surface area contributed by atoms with E-state index in [1.54, 1.807) is 7.11 Å². The van der Waals surface area contributed by atoms with Gasteiger partial charge in [0.2, 0.25) is 0 Å². The van der Waals surface area contributed by atoms with Crippen molar-refractivity contribution in [2.45, 2.75) is 13.8 Å². The van der Waals surface area contributed by atoms with Crippen molar-refractivity contribution in [3.8, 4) is 29.4 Å². The van der Waals surface area contributed by atoms with Crippen molar-refractivity contribution in [3.63, 3.8) is 0 Å². The Balaban J connectivity index is 0.000000994. The molecule has 1 aliphatic heterocycles. The second-order valence-corrected chi connectivity index (χ2v) is 7.49. The molecule has 4 aromatic rings. The highest BCUT2D eigenvalue weighted by atomic mass is 16.5. The van der Waals surface area contributed by atoms with Gasteiger partial charge in [-0.1, -0.05) is 31.9 Å². The lowest BCUT2D eigenvalue weighted by Gasteiger charge is -2.29. The quantitative estimate of drug-likeness (QED) is 0.487. The Labute approximate surface area is 190 Å². The minimum absolute atomic E-state index is 0. The molecule has 0 bridgehead atoms. The number of piperazine rings is 1. The Kier molecular flexibility index (Phi) is 6.29. The molecule has 6 nitrogen and oxygen atoms in total. The number of aryl methyl sites for hydroxylation is 1. The van der Waals surface area contributed by atoms with Crippen LogP contribution < -0.4 is 15.0 Å². The van der Waals surface area contributed by atoms with Gasteiger partial charge in [0.1, 0.15) is 11.4 Å². The van der Waals surface area contributed by atoms with Gasteiger partial charge in [-0.3, -0.25) is 9.67 Å². The van der Waals surface area contributed by atoms with E-state index in [1.807, 2.05) is 43.9 Å². The van der Waals surface area contributed by atoms with Crippen LogP contribution in [0, 0.1) is 12.3 Å². The lowest BCUT2D eigenvalue weighted by Crippen LogP contribution is -2.43. The molecule has 0 aliphatic carbocycles. The van der Waals surface area contributed by atoms with E-state index < -0.39 is 0 Å². The van der Waals surface area contributed by atoms with Crippen LogP contribution in [-0.2, 0) is 7.05 Å². The summed E-state index contributed by atoms with van der Waals surface area (Å²) in [5.74, 6) is 3.38. The fraction of sp³-hybridized carbons (Fsp3) is 0.308. The first-order chi connectivity index (χ1) is 15.7. The van der Waals surface area contributed by atoms with E-state index in [1.165, 1.54) is 5.69 Å². The van der Waals surface area contributed by atoms with Crippen LogP contribution >= 0.6 is 0 Å². The van der Waals surface area contributed by atoms with Crippen molar-refractivity contribution in [2.75, 3.05) is 38.2 Å². The minimum atomic E-state index is 0. The van der Waals surface area contributed by atoms with E-state index >= 15 is 0 Å². The molecule has 2 aromatic carbocycles. The molecule has 3 heterocycles. The minimum Gasteiger partial charge on any atom is -0.495 e. The molecule has 1 N–H and O–H groups in total. The SMILES string of the molecule is C#Cc1cc2c(cc1OC)ncc1c2c(-c2ccc(N3CCNCC3)cc2)nn1C.CC.[HH]. The second-order valence-electron chi connectivity index (χ2n) is 7.49. The summed E-state index contributed by atoms with van der Waals surface area (Å²) in [7, 11) is 3.57. The Morgan fingerprint density at radius 2 is 1.84 bits per heavy atom. The molecule has 1 aliphatic rings. The molecule has 0 radical (unpaired) electrons. The van der Waals surface area contributed by atoms with Crippen molar-refractivity contribution >= 4 is 27.5 Å². The largest absolute Gasteiger partial charge is 0.495 e. The number of anilines is 1. The maximum Gasteiger partial charge on any atom is 0.136 e. The number of fused-ring (bicyclic) bond motifs is 3. The van der Waals surface area contributed by atoms with E-state index in [0.717, 1.165) is 59.2 Å². The molecule has 0 spiro atoms. The van der Waals surface area contributed by atoms with Crippen LogP contribution in [0.1, 0.15) is 20.8 Å². The summed E-state index contributed by atoms with van der Waals surface area (Å²) in [5, 5.41) is 10.3. The molecule has 6 heteroatoms. The van der Waals surface area contributed by atoms with Crippen LogP contribution in [0.3, 0.4) is 0 Å². The first kappa shape index (κ1) is 21.7. The van der Waals surface area contributed by atoms with Gasteiger partial charge in [0.05, 0.1) is 29.9 Å². The number of hydrogen-bond acceptors (Lipinski definition) is 5. The summed E-state index contributed by atoms with van der Waals surface area (Å²) < 4.78 is 7.31. The molecule has 1 fully saturated rings. The van der Waals surface area contributed by atoms with Crippen molar-refractivity contribution in [2.24, 2.45) is 7.05 Å². The Morgan fingerprint density at radius 3 is 2.50 bits per heavy atom. The van der Waals surface area contributed by atoms with Gasteiger partial charge in [-0.2, -0.15) is 5.10 Å². The Hall–Kier alpha value is -3.56. The van der Waals surface area contributed by atoms with E-state index in [9.17, 15) is 0 Å². The molecule has 2 aromatic heterocycles. The zero-order chi connectivity index (χ0) is 22.7. The van der Waals surface area contributed by atoms with Gasteiger partial charge in [-0.05, 0) is 18.2 Å². The summed E-state index contributed by atoms with van der Waals surface area (Å²) in [4.78, 5) is 7.02. The fourth-order valence-electron chi connectivity index (χ4n) is 4.19.